The Kier molecular flexibility index (Phi) is 6.63. The van der Waals surface area contributed by atoms with E-state index in [-0.39, 0.29) is 11.8 Å². The number of carbonyl (C=O) groups is 2. The molecule has 1 aromatic heterocycles. The third kappa shape index (κ3) is 4.61. The maximum atomic E-state index is 14.7. The first-order chi connectivity index (χ1) is 24.1. The summed E-state index contributed by atoms with van der Waals surface area (Å²) in [6.45, 7) is 2.09. The third-order valence-corrected chi connectivity index (χ3v) is 9.62. The minimum absolute atomic E-state index is 0.326. The van der Waals surface area contributed by atoms with Gasteiger partial charge in [0.2, 0.25) is 0 Å². The van der Waals surface area contributed by atoms with Crippen molar-refractivity contribution in [2.24, 2.45) is 0 Å². The van der Waals surface area contributed by atoms with Gasteiger partial charge < -0.3 is 4.57 Å². The first kappa shape index (κ1) is 28.7. The molecule has 1 aliphatic heterocycles. The van der Waals surface area contributed by atoms with Gasteiger partial charge in [0.1, 0.15) is 0 Å². The van der Waals surface area contributed by atoms with Gasteiger partial charge in [-0.25, -0.2) is 4.90 Å². The number of para-hydroxylation sites is 1. The summed E-state index contributed by atoms with van der Waals surface area (Å²) >= 11 is 0. The van der Waals surface area contributed by atoms with Crippen LogP contribution in [0.3, 0.4) is 0 Å². The third-order valence-electron chi connectivity index (χ3n) is 9.62. The van der Waals surface area contributed by atoms with E-state index in [9.17, 15) is 9.59 Å². The second kappa shape index (κ2) is 11.3. The van der Waals surface area contributed by atoms with Gasteiger partial charge in [0, 0.05) is 16.3 Å². The highest BCUT2D eigenvalue weighted by Gasteiger charge is 2.40. The molecular formula is C45H30N2O2. The molecule has 0 aliphatic carbocycles. The standard InChI is InChI=1S/C45H30N2O2/c1-29-19-21-31(22-20-29)34-23-25-36-35-15-8-9-17-39(35)46(42(36)28-34)41-18-10-16-37-43(41)45(49)47(44(37)48)40-26-24-33(30-11-4-2-5-12-30)27-38(40)32-13-6-3-7-14-32/h2-28H,1H3. The van der Waals surface area contributed by atoms with Crippen LogP contribution in [0.25, 0.3) is 60.9 Å². The maximum absolute atomic E-state index is 14.7. The Hall–Kier alpha value is -6.52. The Morgan fingerprint density at radius 1 is 0.408 bits per heavy atom. The largest absolute Gasteiger partial charge is 0.308 e. The molecule has 0 N–H and O–H groups in total. The van der Waals surface area contributed by atoms with E-state index < -0.39 is 0 Å². The van der Waals surface area contributed by atoms with Crippen molar-refractivity contribution in [1.82, 2.24) is 4.57 Å². The van der Waals surface area contributed by atoms with Gasteiger partial charge in [0.05, 0.1) is 33.5 Å². The number of rotatable bonds is 5. The number of aromatic nitrogens is 1. The van der Waals surface area contributed by atoms with Gasteiger partial charge in [-0.1, -0.05) is 133 Å². The first-order valence-corrected chi connectivity index (χ1v) is 16.4. The highest BCUT2D eigenvalue weighted by Crippen LogP contribution is 2.42. The second-order valence-corrected chi connectivity index (χ2v) is 12.6. The fraction of sp³-hybridized carbons (Fsp3) is 0.0222. The van der Waals surface area contributed by atoms with E-state index >= 15 is 0 Å². The van der Waals surface area contributed by atoms with Crippen molar-refractivity contribution in [1.29, 1.82) is 0 Å². The monoisotopic (exact) mass is 630 g/mol. The molecule has 0 saturated heterocycles. The zero-order valence-electron chi connectivity index (χ0n) is 26.8. The number of fused-ring (bicyclic) bond motifs is 4. The molecule has 8 aromatic rings. The van der Waals surface area contributed by atoms with Crippen LogP contribution in [0.2, 0.25) is 0 Å². The number of carbonyl (C=O) groups excluding carboxylic acids is 2. The Morgan fingerprint density at radius 2 is 1.02 bits per heavy atom. The summed E-state index contributed by atoms with van der Waals surface area (Å²) in [7, 11) is 0. The molecule has 2 amide bonds. The summed E-state index contributed by atoms with van der Waals surface area (Å²) < 4.78 is 2.15. The van der Waals surface area contributed by atoms with Crippen LogP contribution in [0, 0.1) is 6.92 Å². The lowest BCUT2D eigenvalue weighted by Crippen LogP contribution is -2.30. The van der Waals surface area contributed by atoms with Crippen LogP contribution in [0.4, 0.5) is 5.69 Å². The van der Waals surface area contributed by atoms with Crippen molar-refractivity contribution in [3.63, 3.8) is 0 Å². The maximum Gasteiger partial charge on any atom is 0.268 e. The van der Waals surface area contributed by atoms with E-state index in [1.165, 1.54) is 10.5 Å². The average molecular weight is 631 g/mol. The van der Waals surface area contributed by atoms with Crippen LogP contribution in [0.1, 0.15) is 26.3 Å². The van der Waals surface area contributed by atoms with Gasteiger partial charge >= 0.3 is 0 Å². The van der Waals surface area contributed by atoms with Crippen molar-refractivity contribution in [2.45, 2.75) is 6.92 Å². The Balaban J connectivity index is 1.24. The molecule has 0 atom stereocenters. The SMILES string of the molecule is Cc1ccc(-c2ccc3c4ccccc4n(-c4cccc5c4C(=O)N(c4ccc(-c6ccccc6)cc4-c4ccccc4)C5=O)c3c2)cc1. The summed E-state index contributed by atoms with van der Waals surface area (Å²) in [5, 5.41) is 2.17. The zero-order chi connectivity index (χ0) is 33.1. The van der Waals surface area contributed by atoms with E-state index in [1.54, 1.807) is 6.07 Å². The van der Waals surface area contributed by atoms with E-state index in [1.807, 2.05) is 84.9 Å². The lowest BCUT2D eigenvalue weighted by molar-refractivity contribution is 0.0926. The van der Waals surface area contributed by atoms with Crippen LogP contribution < -0.4 is 4.90 Å². The molecule has 232 valence electrons. The molecule has 49 heavy (non-hydrogen) atoms. The van der Waals surface area contributed by atoms with Crippen molar-refractivity contribution in [2.75, 3.05) is 4.90 Å². The van der Waals surface area contributed by atoms with Crippen LogP contribution >= 0.6 is 0 Å². The lowest BCUT2D eigenvalue weighted by atomic mass is 9.97. The number of hydrogen-bond donors (Lipinski definition) is 0. The highest BCUT2D eigenvalue weighted by molar-refractivity contribution is 6.36. The number of hydrogen-bond acceptors (Lipinski definition) is 2. The number of benzene rings is 7. The topological polar surface area (TPSA) is 42.3 Å². The van der Waals surface area contributed by atoms with Gasteiger partial charge in [0.25, 0.3) is 11.8 Å². The summed E-state index contributed by atoms with van der Waals surface area (Å²) in [6, 6.07) is 54.9. The van der Waals surface area contributed by atoms with Crippen LogP contribution in [-0.2, 0) is 0 Å². The highest BCUT2D eigenvalue weighted by atomic mass is 16.2. The number of imide groups is 1. The molecule has 4 heteroatoms. The second-order valence-electron chi connectivity index (χ2n) is 12.6. The van der Waals surface area contributed by atoms with Gasteiger partial charge in [0.15, 0.2) is 0 Å². The van der Waals surface area contributed by atoms with E-state index in [0.717, 1.165) is 55.2 Å². The van der Waals surface area contributed by atoms with Crippen LogP contribution in [0.5, 0.6) is 0 Å². The summed E-state index contributed by atoms with van der Waals surface area (Å²) in [6.07, 6.45) is 0. The molecule has 0 saturated carbocycles. The smallest absolute Gasteiger partial charge is 0.268 e. The van der Waals surface area contributed by atoms with Crippen molar-refractivity contribution >= 4 is 39.3 Å². The van der Waals surface area contributed by atoms with Gasteiger partial charge in [-0.2, -0.15) is 0 Å². The molecule has 9 rings (SSSR count). The quantitative estimate of drug-likeness (QED) is 0.178. The van der Waals surface area contributed by atoms with Crippen molar-refractivity contribution < 1.29 is 9.59 Å². The Bertz CT molecular complexity index is 2580. The number of anilines is 1. The molecule has 0 fully saturated rings. The normalized spacial score (nSPS) is 12.6. The Morgan fingerprint density at radius 3 is 1.80 bits per heavy atom. The summed E-state index contributed by atoms with van der Waals surface area (Å²) in [5.41, 5.74) is 11.2. The first-order valence-electron chi connectivity index (χ1n) is 16.4. The molecule has 7 aromatic carbocycles. The summed E-state index contributed by atoms with van der Waals surface area (Å²) in [4.78, 5) is 30.5. The molecule has 0 radical (unpaired) electrons. The van der Waals surface area contributed by atoms with Crippen LogP contribution in [-0.4, -0.2) is 16.4 Å². The molecule has 0 spiro atoms. The van der Waals surface area contributed by atoms with Crippen molar-refractivity contribution in [3.8, 4) is 39.1 Å². The Labute approximate surface area is 284 Å². The molecule has 4 nitrogen and oxygen atoms in total. The molecule has 2 heterocycles. The van der Waals surface area contributed by atoms with E-state index in [0.29, 0.717) is 22.5 Å². The molecule has 1 aliphatic rings. The number of aryl methyl sites for hydroxylation is 1. The fourth-order valence-corrected chi connectivity index (χ4v) is 7.22. The van der Waals surface area contributed by atoms with Gasteiger partial charge in [-0.05, 0) is 71.1 Å². The van der Waals surface area contributed by atoms with Gasteiger partial charge in [-0.3, -0.25) is 9.59 Å². The number of nitrogens with zero attached hydrogens (tertiary/aromatic N) is 2. The minimum Gasteiger partial charge on any atom is -0.308 e. The minimum atomic E-state index is -0.333. The number of amides is 2. The molecular weight excluding hydrogens is 601 g/mol. The predicted octanol–water partition coefficient (Wildman–Crippen LogP) is 10.9. The predicted molar refractivity (Wildman–Crippen MR) is 199 cm³/mol. The molecule has 0 bridgehead atoms. The van der Waals surface area contributed by atoms with E-state index in [2.05, 4.69) is 84.3 Å². The van der Waals surface area contributed by atoms with E-state index in [4.69, 9.17) is 0 Å². The van der Waals surface area contributed by atoms with Crippen molar-refractivity contribution in [3.05, 3.63) is 180 Å². The fourth-order valence-electron chi connectivity index (χ4n) is 7.22. The zero-order valence-corrected chi connectivity index (χ0v) is 26.8. The van der Waals surface area contributed by atoms with Gasteiger partial charge in [-0.15, -0.1) is 0 Å². The molecule has 0 unspecified atom stereocenters. The average Bonchev–Trinajstić information content (AvgIpc) is 3.62. The summed E-state index contributed by atoms with van der Waals surface area (Å²) in [5.74, 6) is -0.659. The van der Waals surface area contributed by atoms with Crippen LogP contribution in [0.15, 0.2) is 164 Å². The lowest BCUT2D eigenvalue weighted by Gasteiger charge is -2.20.